The third kappa shape index (κ3) is 2.02. The molecule has 0 aromatic carbocycles. The molecule has 7 nitrogen and oxygen atoms in total. The molecule has 19 heavy (non-hydrogen) atoms. The Morgan fingerprint density at radius 1 is 1.42 bits per heavy atom. The molecule has 0 amide bonds. The average Bonchev–Trinajstić information content (AvgIpc) is 2.86. The molecule has 0 atom stereocenters. The van der Waals surface area contributed by atoms with E-state index in [9.17, 15) is 0 Å². The molecule has 0 unspecified atom stereocenters. The Hall–Kier alpha value is -2.12. The lowest BCUT2D eigenvalue weighted by Crippen LogP contribution is -2.37. The molecule has 7 heteroatoms. The highest BCUT2D eigenvalue weighted by Crippen LogP contribution is 2.33. The molecule has 2 aromatic heterocycles. The summed E-state index contributed by atoms with van der Waals surface area (Å²) in [6, 6.07) is 3.74. The maximum atomic E-state index is 7.74. The van der Waals surface area contributed by atoms with Crippen LogP contribution in [0.3, 0.4) is 0 Å². The first-order chi connectivity index (χ1) is 9.31. The van der Waals surface area contributed by atoms with Crippen LogP contribution in [0.2, 0.25) is 0 Å². The van der Waals surface area contributed by atoms with Crippen LogP contribution in [-0.4, -0.2) is 37.2 Å². The van der Waals surface area contributed by atoms with Gasteiger partial charge in [-0.2, -0.15) is 5.90 Å². The molecule has 1 fully saturated rings. The number of furan rings is 1. The van der Waals surface area contributed by atoms with Gasteiger partial charge in [0.15, 0.2) is 0 Å². The van der Waals surface area contributed by atoms with Crippen molar-refractivity contribution in [3.63, 3.8) is 0 Å². The maximum Gasteiger partial charge on any atom is 0.275 e. The predicted octanol–water partition coefficient (Wildman–Crippen LogP) is 0.880. The number of nitrogens with zero attached hydrogens (tertiary/aromatic N) is 2. The molecule has 0 spiro atoms. The van der Waals surface area contributed by atoms with Gasteiger partial charge in [-0.3, -0.25) is 5.41 Å². The number of ether oxygens (including phenoxy) is 1. The van der Waals surface area contributed by atoms with Gasteiger partial charge in [0.1, 0.15) is 0 Å². The van der Waals surface area contributed by atoms with Gasteiger partial charge in [0.25, 0.3) is 5.90 Å². The van der Waals surface area contributed by atoms with E-state index < -0.39 is 0 Å². The predicted molar refractivity (Wildman–Crippen MR) is 69.1 cm³/mol. The second-order valence-electron chi connectivity index (χ2n) is 4.18. The maximum absolute atomic E-state index is 7.74. The first kappa shape index (κ1) is 11.9. The summed E-state index contributed by atoms with van der Waals surface area (Å²) in [5.41, 5.74) is 1.27. The van der Waals surface area contributed by atoms with E-state index >= 15 is 0 Å². The van der Waals surface area contributed by atoms with Crippen molar-refractivity contribution in [2.45, 2.75) is 0 Å². The van der Waals surface area contributed by atoms with Crippen molar-refractivity contribution in [1.29, 1.82) is 5.41 Å². The summed E-state index contributed by atoms with van der Waals surface area (Å²) in [4.78, 5) is 10.8. The summed E-state index contributed by atoms with van der Waals surface area (Å²) in [5.74, 6) is 5.17. The highest BCUT2D eigenvalue weighted by molar-refractivity contribution is 6.04. The van der Waals surface area contributed by atoms with E-state index in [0.29, 0.717) is 24.7 Å². The number of aromatic nitrogens is 1. The minimum atomic E-state index is -0.209. The highest BCUT2D eigenvalue weighted by atomic mass is 16.6. The van der Waals surface area contributed by atoms with E-state index in [2.05, 4.69) is 14.7 Å². The molecule has 0 radical (unpaired) electrons. The summed E-state index contributed by atoms with van der Waals surface area (Å²) in [7, 11) is 0. The lowest BCUT2D eigenvalue weighted by atomic mass is 10.2. The Labute approximate surface area is 109 Å². The fourth-order valence-corrected chi connectivity index (χ4v) is 2.23. The largest absolute Gasteiger partial charge is 0.430 e. The van der Waals surface area contributed by atoms with Gasteiger partial charge < -0.3 is 18.9 Å². The molecule has 0 saturated carbocycles. The fraction of sp³-hybridized carbons (Fsp3) is 0.333. The number of nitrogens with two attached hydrogens (primary N) is 1. The summed E-state index contributed by atoms with van der Waals surface area (Å²) >= 11 is 0. The van der Waals surface area contributed by atoms with Crippen molar-refractivity contribution in [3.8, 4) is 0 Å². The van der Waals surface area contributed by atoms with Crippen LogP contribution in [0, 0.1) is 5.41 Å². The lowest BCUT2D eigenvalue weighted by Gasteiger charge is -2.28. The zero-order valence-corrected chi connectivity index (χ0v) is 10.3. The molecule has 3 heterocycles. The quantitative estimate of drug-likeness (QED) is 0.473. The number of morpholine rings is 1. The Kier molecular flexibility index (Phi) is 3.06. The van der Waals surface area contributed by atoms with Crippen LogP contribution in [0.4, 0.5) is 5.69 Å². The number of hydrogen-bond donors (Lipinski definition) is 2. The van der Waals surface area contributed by atoms with Crippen LogP contribution in [0.5, 0.6) is 0 Å². The van der Waals surface area contributed by atoms with Gasteiger partial charge in [0, 0.05) is 19.3 Å². The molecule has 3 rings (SSSR count). The fourth-order valence-electron chi connectivity index (χ4n) is 2.23. The number of anilines is 1. The summed E-state index contributed by atoms with van der Waals surface area (Å²) in [6.45, 7) is 2.75. The molecule has 1 aliphatic rings. The number of nitrogens with one attached hydrogen (secondary N) is 1. The minimum Gasteiger partial charge on any atom is -0.430 e. The minimum absolute atomic E-state index is 0.209. The van der Waals surface area contributed by atoms with Crippen molar-refractivity contribution >= 4 is 22.7 Å². The standard InChI is InChI=1S/C12H14N4O3/c13-11(19-14)10-9(16-4-6-17-7-5-16)8-2-1-3-15-12(8)18-10/h1-3,13H,4-7,14H2. The van der Waals surface area contributed by atoms with Crippen molar-refractivity contribution in [1.82, 2.24) is 4.98 Å². The molecule has 100 valence electrons. The molecule has 0 aliphatic carbocycles. The Morgan fingerprint density at radius 2 is 2.21 bits per heavy atom. The Bertz CT molecular complexity index is 604. The molecule has 3 N–H and O–H groups in total. The summed E-state index contributed by atoms with van der Waals surface area (Å²) in [5, 5.41) is 8.59. The van der Waals surface area contributed by atoms with Crippen LogP contribution in [0.15, 0.2) is 22.7 Å². The van der Waals surface area contributed by atoms with Gasteiger partial charge in [-0.15, -0.1) is 0 Å². The molecule has 2 aromatic rings. The van der Waals surface area contributed by atoms with Gasteiger partial charge in [0.2, 0.25) is 11.5 Å². The lowest BCUT2D eigenvalue weighted by molar-refractivity contribution is 0.122. The summed E-state index contributed by atoms with van der Waals surface area (Å²) < 4.78 is 10.9. The molecule has 0 bridgehead atoms. The van der Waals surface area contributed by atoms with Crippen LogP contribution < -0.4 is 10.8 Å². The van der Waals surface area contributed by atoms with Crippen molar-refractivity contribution in [2.24, 2.45) is 5.90 Å². The van der Waals surface area contributed by atoms with Gasteiger partial charge >= 0.3 is 0 Å². The number of pyridine rings is 1. The second-order valence-corrected chi connectivity index (χ2v) is 4.18. The van der Waals surface area contributed by atoms with Crippen molar-refractivity contribution < 1.29 is 14.0 Å². The molecule has 1 aliphatic heterocycles. The van der Waals surface area contributed by atoms with Gasteiger partial charge in [-0.05, 0) is 12.1 Å². The zero-order valence-electron chi connectivity index (χ0n) is 10.3. The Morgan fingerprint density at radius 3 is 2.95 bits per heavy atom. The van der Waals surface area contributed by atoms with Gasteiger partial charge in [-0.25, -0.2) is 4.98 Å². The Balaban J connectivity index is 2.15. The van der Waals surface area contributed by atoms with E-state index in [1.165, 1.54) is 0 Å². The SMILES string of the molecule is N=C(ON)c1oc2ncccc2c1N1CCOCC1. The summed E-state index contributed by atoms with van der Waals surface area (Å²) in [6.07, 6.45) is 1.64. The van der Waals surface area contributed by atoms with E-state index in [1.807, 2.05) is 12.1 Å². The third-order valence-electron chi connectivity index (χ3n) is 3.09. The molecular formula is C12H14N4O3. The highest BCUT2D eigenvalue weighted by Gasteiger charge is 2.25. The second kappa shape index (κ2) is 4.87. The third-order valence-corrected chi connectivity index (χ3v) is 3.09. The smallest absolute Gasteiger partial charge is 0.275 e. The number of fused-ring (bicyclic) bond motifs is 1. The monoisotopic (exact) mass is 262 g/mol. The van der Waals surface area contributed by atoms with Crippen molar-refractivity contribution in [3.05, 3.63) is 24.1 Å². The first-order valence-corrected chi connectivity index (χ1v) is 5.97. The zero-order chi connectivity index (χ0) is 13.2. The topological polar surface area (TPSA) is 97.6 Å². The van der Waals surface area contributed by atoms with Crippen LogP contribution in [0.1, 0.15) is 5.76 Å². The van der Waals surface area contributed by atoms with Gasteiger partial charge in [0.05, 0.1) is 24.3 Å². The van der Waals surface area contributed by atoms with E-state index in [-0.39, 0.29) is 5.90 Å². The van der Waals surface area contributed by atoms with E-state index in [1.54, 1.807) is 6.20 Å². The van der Waals surface area contributed by atoms with Crippen LogP contribution >= 0.6 is 0 Å². The number of rotatable bonds is 2. The molecular weight excluding hydrogens is 248 g/mol. The first-order valence-electron chi connectivity index (χ1n) is 5.97. The van der Waals surface area contributed by atoms with E-state index in [4.69, 9.17) is 20.5 Å². The normalized spacial score (nSPS) is 15.7. The van der Waals surface area contributed by atoms with Crippen LogP contribution in [-0.2, 0) is 9.57 Å². The molecule has 1 saturated heterocycles. The number of hydrogen-bond acceptors (Lipinski definition) is 7. The van der Waals surface area contributed by atoms with E-state index in [0.717, 1.165) is 24.2 Å². The average molecular weight is 262 g/mol. The van der Waals surface area contributed by atoms with Crippen LogP contribution in [0.25, 0.3) is 11.1 Å². The van der Waals surface area contributed by atoms with Crippen molar-refractivity contribution in [2.75, 3.05) is 31.2 Å². The van der Waals surface area contributed by atoms with Gasteiger partial charge in [-0.1, -0.05) is 0 Å².